The first-order chi connectivity index (χ1) is 10.1. The molecule has 0 aromatic heterocycles. The van der Waals surface area contributed by atoms with Crippen LogP contribution in [-0.2, 0) is 0 Å². The predicted octanol–water partition coefficient (Wildman–Crippen LogP) is 2.77. The van der Waals surface area contributed by atoms with Gasteiger partial charge in [0.25, 0.3) is 0 Å². The van der Waals surface area contributed by atoms with Crippen LogP contribution >= 0.6 is 15.9 Å². The Labute approximate surface area is 136 Å². The van der Waals surface area contributed by atoms with Gasteiger partial charge in [-0.25, -0.2) is 9.59 Å². The van der Waals surface area contributed by atoms with E-state index in [0.29, 0.717) is 4.47 Å². The number of ether oxygens (including phenoxy) is 2. The van der Waals surface area contributed by atoms with Crippen LogP contribution in [0, 0.1) is 0 Å². The smallest absolute Gasteiger partial charge is 0.410 e. The summed E-state index contributed by atoms with van der Waals surface area (Å²) in [4.78, 5) is 37.4. The lowest BCUT2D eigenvalue weighted by atomic mass is 10.1. The van der Waals surface area contributed by atoms with Crippen LogP contribution in [0.4, 0.5) is 9.59 Å². The van der Waals surface area contributed by atoms with Crippen LogP contribution in [0.1, 0.15) is 17.3 Å². The monoisotopic (exact) mass is 372 g/mol. The summed E-state index contributed by atoms with van der Waals surface area (Å²) in [6.07, 6.45) is -1.23. The lowest BCUT2D eigenvalue weighted by molar-refractivity contribution is 0.101. The molecular formula is C14H17BrN2O5. The van der Waals surface area contributed by atoms with Crippen LogP contribution in [0.2, 0.25) is 0 Å². The largest absolute Gasteiger partial charge is 0.414 e. The molecule has 0 N–H and O–H groups in total. The molecule has 1 aromatic rings. The predicted molar refractivity (Wildman–Crippen MR) is 83.6 cm³/mol. The molecule has 0 saturated heterocycles. The lowest BCUT2D eigenvalue weighted by Gasteiger charge is -2.16. The SMILES string of the molecule is CC(=O)c1cc(OC(=O)N(C)C)cc(OC(=O)N(C)C)c1Br. The van der Waals surface area contributed by atoms with Gasteiger partial charge in [0.15, 0.2) is 11.5 Å². The minimum absolute atomic E-state index is 0.0907. The summed E-state index contributed by atoms with van der Waals surface area (Å²) in [5.74, 6) is -0.0709. The van der Waals surface area contributed by atoms with Gasteiger partial charge in [-0.3, -0.25) is 4.79 Å². The maximum Gasteiger partial charge on any atom is 0.414 e. The van der Waals surface area contributed by atoms with Crippen molar-refractivity contribution in [3.05, 3.63) is 22.2 Å². The van der Waals surface area contributed by atoms with Gasteiger partial charge >= 0.3 is 12.2 Å². The molecule has 0 bridgehead atoms. The highest BCUT2D eigenvalue weighted by Gasteiger charge is 2.19. The fourth-order valence-electron chi connectivity index (χ4n) is 1.34. The van der Waals surface area contributed by atoms with Crippen molar-refractivity contribution in [3.8, 4) is 11.5 Å². The average Bonchev–Trinajstić information content (AvgIpc) is 2.41. The van der Waals surface area contributed by atoms with Gasteiger partial charge in [0.05, 0.1) is 4.47 Å². The highest BCUT2D eigenvalue weighted by molar-refractivity contribution is 9.10. The molecule has 1 rings (SSSR count). The number of carbonyl (C=O) groups excluding carboxylic acids is 3. The van der Waals surface area contributed by atoms with Crippen molar-refractivity contribution in [2.24, 2.45) is 0 Å². The van der Waals surface area contributed by atoms with Gasteiger partial charge in [0.1, 0.15) is 5.75 Å². The van der Waals surface area contributed by atoms with E-state index >= 15 is 0 Å². The number of hydrogen-bond acceptors (Lipinski definition) is 5. The molecule has 2 amide bonds. The topological polar surface area (TPSA) is 76.1 Å². The number of ketones is 1. The maximum atomic E-state index is 11.7. The number of carbonyl (C=O) groups is 3. The van der Waals surface area contributed by atoms with Crippen LogP contribution in [0.15, 0.2) is 16.6 Å². The number of benzene rings is 1. The number of amides is 2. The molecule has 0 aliphatic carbocycles. The fourth-order valence-corrected chi connectivity index (χ4v) is 1.93. The number of halogens is 1. The Morgan fingerprint density at radius 1 is 0.955 bits per heavy atom. The first kappa shape index (κ1) is 18.0. The second-order valence-electron chi connectivity index (χ2n) is 4.86. The van der Waals surface area contributed by atoms with E-state index < -0.39 is 12.2 Å². The number of rotatable bonds is 3. The summed E-state index contributed by atoms with van der Waals surface area (Å²) in [5, 5.41) is 0. The highest BCUT2D eigenvalue weighted by atomic mass is 79.9. The molecule has 120 valence electrons. The van der Waals surface area contributed by atoms with E-state index in [2.05, 4.69) is 15.9 Å². The van der Waals surface area contributed by atoms with E-state index in [-0.39, 0.29) is 22.8 Å². The molecule has 0 unspecified atom stereocenters. The van der Waals surface area contributed by atoms with Crippen LogP contribution in [0.5, 0.6) is 11.5 Å². The van der Waals surface area contributed by atoms with Gasteiger partial charge in [-0.15, -0.1) is 0 Å². The Morgan fingerprint density at radius 3 is 1.91 bits per heavy atom. The van der Waals surface area contributed by atoms with E-state index in [1.165, 1.54) is 57.0 Å². The van der Waals surface area contributed by atoms with Crippen molar-refractivity contribution in [1.29, 1.82) is 0 Å². The standard InChI is InChI=1S/C14H17BrN2O5/c1-8(18)10-6-9(21-13(19)16(2)3)7-11(12(10)15)22-14(20)17(4)5/h6-7H,1-5H3. The molecule has 0 atom stereocenters. The van der Waals surface area contributed by atoms with Gasteiger partial charge in [0.2, 0.25) is 0 Å². The Hall–Kier alpha value is -2.09. The van der Waals surface area contributed by atoms with Gasteiger partial charge in [-0.1, -0.05) is 0 Å². The molecule has 7 nitrogen and oxygen atoms in total. The molecule has 0 aliphatic heterocycles. The average molecular weight is 373 g/mol. The number of hydrogen-bond donors (Lipinski definition) is 0. The molecule has 0 aliphatic rings. The minimum Gasteiger partial charge on any atom is -0.410 e. The molecule has 22 heavy (non-hydrogen) atoms. The molecule has 1 aromatic carbocycles. The van der Waals surface area contributed by atoms with Crippen molar-refractivity contribution < 1.29 is 23.9 Å². The van der Waals surface area contributed by atoms with Crippen molar-refractivity contribution in [2.75, 3.05) is 28.2 Å². The van der Waals surface area contributed by atoms with Crippen LogP contribution in [-0.4, -0.2) is 56.0 Å². The van der Waals surface area contributed by atoms with Gasteiger partial charge in [-0.05, 0) is 28.9 Å². The number of nitrogens with zero attached hydrogens (tertiary/aromatic N) is 2. The third kappa shape index (κ3) is 4.45. The summed E-state index contributed by atoms with van der Waals surface area (Å²) >= 11 is 3.22. The summed E-state index contributed by atoms with van der Waals surface area (Å²) < 4.78 is 10.6. The summed E-state index contributed by atoms with van der Waals surface area (Å²) in [5.41, 5.74) is 0.241. The van der Waals surface area contributed by atoms with E-state index in [4.69, 9.17) is 9.47 Å². The van der Waals surface area contributed by atoms with Gasteiger partial charge in [-0.2, -0.15) is 0 Å². The van der Waals surface area contributed by atoms with Crippen molar-refractivity contribution in [1.82, 2.24) is 9.80 Å². The Kier molecular flexibility index (Phi) is 5.92. The zero-order valence-corrected chi connectivity index (χ0v) is 14.6. The van der Waals surface area contributed by atoms with Crippen LogP contribution in [0.25, 0.3) is 0 Å². The van der Waals surface area contributed by atoms with Crippen LogP contribution in [0.3, 0.4) is 0 Å². The first-order valence-corrected chi connectivity index (χ1v) is 7.05. The maximum absolute atomic E-state index is 11.7. The van der Waals surface area contributed by atoms with E-state index in [1.54, 1.807) is 0 Å². The molecule has 0 spiro atoms. The molecule has 0 saturated carbocycles. The summed E-state index contributed by atoms with van der Waals surface area (Å²) in [6, 6.07) is 2.76. The Balaban J connectivity index is 3.25. The van der Waals surface area contributed by atoms with Gasteiger partial charge < -0.3 is 19.3 Å². The molecule has 0 fully saturated rings. The van der Waals surface area contributed by atoms with Crippen molar-refractivity contribution in [2.45, 2.75) is 6.92 Å². The Morgan fingerprint density at radius 2 is 1.45 bits per heavy atom. The highest BCUT2D eigenvalue weighted by Crippen LogP contribution is 2.34. The second-order valence-corrected chi connectivity index (χ2v) is 5.66. The zero-order valence-electron chi connectivity index (χ0n) is 13.0. The Bertz CT molecular complexity index is 613. The van der Waals surface area contributed by atoms with Gasteiger partial charge in [0, 0.05) is 39.8 Å². The van der Waals surface area contributed by atoms with E-state index in [1.807, 2.05) is 0 Å². The molecule has 8 heteroatoms. The summed E-state index contributed by atoms with van der Waals surface area (Å²) in [6.45, 7) is 1.36. The van der Waals surface area contributed by atoms with Crippen molar-refractivity contribution >= 4 is 33.9 Å². The number of Topliss-reactive ketones (excluding diaryl/α,β-unsaturated/α-hetero) is 1. The second kappa shape index (κ2) is 7.26. The van der Waals surface area contributed by atoms with E-state index in [9.17, 15) is 14.4 Å². The minimum atomic E-state index is -0.619. The molecular weight excluding hydrogens is 356 g/mol. The normalized spacial score (nSPS) is 9.91. The third-order valence-electron chi connectivity index (χ3n) is 2.52. The third-order valence-corrected chi connectivity index (χ3v) is 3.34. The van der Waals surface area contributed by atoms with Crippen LogP contribution < -0.4 is 9.47 Å². The van der Waals surface area contributed by atoms with Crippen molar-refractivity contribution in [3.63, 3.8) is 0 Å². The molecule has 0 radical (unpaired) electrons. The summed E-state index contributed by atoms with van der Waals surface area (Å²) in [7, 11) is 6.11. The first-order valence-electron chi connectivity index (χ1n) is 6.26. The molecule has 0 heterocycles. The quantitative estimate of drug-likeness (QED) is 0.762. The zero-order chi connectivity index (χ0) is 17.0. The lowest BCUT2D eigenvalue weighted by Crippen LogP contribution is -2.26. The fraction of sp³-hybridized carbons (Fsp3) is 0.357. The van der Waals surface area contributed by atoms with E-state index in [0.717, 1.165) is 0 Å².